The highest BCUT2D eigenvalue weighted by molar-refractivity contribution is 4.64. The van der Waals surface area contributed by atoms with Crippen molar-refractivity contribution >= 4 is 0 Å². The normalized spacial score (nSPS) is 16.9. The molecule has 3 nitrogen and oxygen atoms in total. The molecule has 0 aromatic heterocycles. The van der Waals surface area contributed by atoms with Gasteiger partial charge in [-0.25, -0.2) is 0 Å². The van der Waals surface area contributed by atoms with Crippen molar-refractivity contribution in [1.29, 1.82) is 0 Å². The van der Waals surface area contributed by atoms with E-state index in [0.29, 0.717) is 11.8 Å². The Morgan fingerprint density at radius 3 is 2.00 bits per heavy atom. The molecule has 68 valence electrons. The van der Waals surface area contributed by atoms with Crippen LogP contribution in [0.25, 0.3) is 0 Å². The highest BCUT2D eigenvalue weighted by Crippen LogP contribution is 2.11. The van der Waals surface area contributed by atoms with Gasteiger partial charge in [-0.3, -0.25) is 0 Å². The Morgan fingerprint density at radius 2 is 1.64 bits per heavy atom. The molecule has 0 heterocycles. The van der Waals surface area contributed by atoms with Crippen LogP contribution in [-0.4, -0.2) is 12.7 Å². The van der Waals surface area contributed by atoms with Crippen LogP contribution in [0.1, 0.15) is 26.7 Å². The van der Waals surface area contributed by atoms with E-state index in [4.69, 9.17) is 17.2 Å². The molecule has 0 aromatic rings. The summed E-state index contributed by atoms with van der Waals surface area (Å²) in [6.07, 6.45) is 2.03. The van der Waals surface area contributed by atoms with Gasteiger partial charge in [0, 0.05) is 0 Å². The monoisotopic (exact) mass is 159 g/mol. The second-order valence-corrected chi connectivity index (χ2v) is 3.47. The third kappa shape index (κ3) is 5.18. The first-order valence-corrected chi connectivity index (χ1v) is 4.29. The summed E-state index contributed by atoms with van der Waals surface area (Å²) in [6.45, 7) is 4.98. The average Bonchev–Trinajstić information content (AvgIpc) is 1.99. The van der Waals surface area contributed by atoms with Gasteiger partial charge in [0.25, 0.3) is 0 Å². The fourth-order valence-corrected chi connectivity index (χ4v) is 0.858. The summed E-state index contributed by atoms with van der Waals surface area (Å²) in [5.74, 6) is 1.00. The molecule has 0 radical (unpaired) electrons. The van der Waals surface area contributed by atoms with Gasteiger partial charge in [0.05, 0.1) is 6.17 Å². The Hall–Kier alpha value is -0.120. The first-order valence-electron chi connectivity index (χ1n) is 4.29. The zero-order valence-electron chi connectivity index (χ0n) is 7.59. The van der Waals surface area contributed by atoms with E-state index >= 15 is 0 Å². The largest absolute Gasteiger partial charge is 0.330 e. The number of nitrogens with two attached hydrogens (primary N) is 3. The molecule has 0 fully saturated rings. The Kier molecular flexibility index (Phi) is 5.46. The van der Waals surface area contributed by atoms with Gasteiger partial charge in [-0.2, -0.15) is 0 Å². The SMILES string of the molecule is CC(CN)CCC(C)C(N)N. The molecule has 3 heteroatoms. The Labute approximate surface area is 69.3 Å². The standard InChI is InChI=1S/C8H21N3/c1-6(5-9)3-4-7(2)8(10)11/h6-8H,3-5,9-11H2,1-2H3. The highest BCUT2D eigenvalue weighted by Gasteiger charge is 2.08. The lowest BCUT2D eigenvalue weighted by molar-refractivity contribution is 0.384. The zero-order valence-corrected chi connectivity index (χ0v) is 7.59. The summed E-state index contributed by atoms with van der Waals surface area (Å²) in [7, 11) is 0. The summed E-state index contributed by atoms with van der Waals surface area (Å²) >= 11 is 0. The summed E-state index contributed by atoms with van der Waals surface area (Å²) in [4.78, 5) is 0. The second kappa shape index (κ2) is 5.52. The summed E-state index contributed by atoms with van der Waals surface area (Å²) in [5, 5.41) is 0. The first-order chi connectivity index (χ1) is 5.07. The van der Waals surface area contributed by atoms with Crippen LogP contribution >= 0.6 is 0 Å². The Balaban J connectivity index is 3.37. The van der Waals surface area contributed by atoms with Gasteiger partial charge in [-0.05, 0) is 31.2 Å². The fraction of sp³-hybridized carbons (Fsp3) is 1.00. The minimum Gasteiger partial charge on any atom is -0.330 e. The maximum Gasteiger partial charge on any atom is 0.0547 e. The molecule has 0 aromatic carbocycles. The number of rotatable bonds is 5. The molecule has 0 bridgehead atoms. The van der Waals surface area contributed by atoms with Crippen molar-refractivity contribution in [3.8, 4) is 0 Å². The number of hydrogen-bond acceptors (Lipinski definition) is 3. The van der Waals surface area contributed by atoms with Gasteiger partial charge in [0.2, 0.25) is 0 Å². The second-order valence-electron chi connectivity index (χ2n) is 3.47. The van der Waals surface area contributed by atoms with Crippen molar-refractivity contribution in [2.24, 2.45) is 29.0 Å². The van der Waals surface area contributed by atoms with Crippen LogP contribution in [0, 0.1) is 11.8 Å². The van der Waals surface area contributed by atoms with Crippen molar-refractivity contribution in [2.45, 2.75) is 32.9 Å². The van der Waals surface area contributed by atoms with Crippen LogP contribution in [0.2, 0.25) is 0 Å². The molecular formula is C8H21N3. The smallest absolute Gasteiger partial charge is 0.0547 e. The van der Waals surface area contributed by atoms with Crippen LogP contribution in [0.3, 0.4) is 0 Å². The van der Waals surface area contributed by atoms with Crippen LogP contribution in [-0.2, 0) is 0 Å². The molecule has 0 aliphatic heterocycles. The molecule has 0 rings (SSSR count). The first kappa shape index (κ1) is 10.9. The summed E-state index contributed by atoms with van der Waals surface area (Å²) in [5.41, 5.74) is 16.5. The van der Waals surface area contributed by atoms with Crippen LogP contribution in [0.4, 0.5) is 0 Å². The van der Waals surface area contributed by atoms with E-state index in [9.17, 15) is 0 Å². The molecule has 6 N–H and O–H groups in total. The lowest BCUT2D eigenvalue weighted by Gasteiger charge is -2.16. The van der Waals surface area contributed by atoms with E-state index in [1.54, 1.807) is 0 Å². The highest BCUT2D eigenvalue weighted by atomic mass is 14.9. The van der Waals surface area contributed by atoms with Gasteiger partial charge >= 0.3 is 0 Å². The molecule has 0 saturated carbocycles. The van der Waals surface area contributed by atoms with E-state index in [1.165, 1.54) is 0 Å². The maximum atomic E-state index is 5.51. The van der Waals surface area contributed by atoms with Crippen molar-refractivity contribution in [3.63, 3.8) is 0 Å². The van der Waals surface area contributed by atoms with Crippen LogP contribution < -0.4 is 17.2 Å². The topological polar surface area (TPSA) is 78.1 Å². The fourth-order valence-electron chi connectivity index (χ4n) is 0.858. The van der Waals surface area contributed by atoms with Crippen LogP contribution in [0.15, 0.2) is 0 Å². The molecule has 0 aliphatic carbocycles. The van der Waals surface area contributed by atoms with Crippen molar-refractivity contribution in [2.75, 3.05) is 6.54 Å². The predicted octanol–water partition coefficient (Wildman–Crippen LogP) is 0.241. The summed E-state index contributed by atoms with van der Waals surface area (Å²) < 4.78 is 0. The Morgan fingerprint density at radius 1 is 1.09 bits per heavy atom. The van der Waals surface area contributed by atoms with Gasteiger partial charge in [-0.1, -0.05) is 13.8 Å². The molecule has 2 atom stereocenters. The molecule has 2 unspecified atom stereocenters. The average molecular weight is 159 g/mol. The van der Waals surface area contributed by atoms with E-state index in [0.717, 1.165) is 19.4 Å². The quantitative estimate of drug-likeness (QED) is 0.503. The molecule has 0 saturated heterocycles. The van der Waals surface area contributed by atoms with Crippen LogP contribution in [0.5, 0.6) is 0 Å². The molecule has 0 spiro atoms. The zero-order chi connectivity index (χ0) is 8.85. The van der Waals surface area contributed by atoms with Crippen molar-refractivity contribution in [1.82, 2.24) is 0 Å². The predicted molar refractivity (Wildman–Crippen MR) is 48.8 cm³/mol. The third-order valence-corrected chi connectivity index (χ3v) is 2.17. The van der Waals surface area contributed by atoms with E-state index in [1.807, 2.05) is 0 Å². The van der Waals surface area contributed by atoms with Gasteiger partial charge in [0.15, 0.2) is 0 Å². The van der Waals surface area contributed by atoms with E-state index in [2.05, 4.69) is 13.8 Å². The third-order valence-electron chi connectivity index (χ3n) is 2.17. The lowest BCUT2D eigenvalue weighted by Crippen LogP contribution is -2.37. The van der Waals surface area contributed by atoms with Gasteiger partial charge in [0.1, 0.15) is 0 Å². The molecular weight excluding hydrogens is 138 g/mol. The van der Waals surface area contributed by atoms with E-state index < -0.39 is 0 Å². The Bertz CT molecular complexity index is 93.3. The molecule has 0 aliphatic rings. The summed E-state index contributed by atoms with van der Waals surface area (Å²) in [6, 6.07) is 0. The molecule has 11 heavy (non-hydrogen) atoms. The lowest BCUT2D eigenvalue weighted by atomic mass is 9.97. The molecule has 0 amide bonds. The maximum absolute atomic E-state index is 5.51. The van der Waals surface area contributed by atoms with Gasteiger partial charge < -0.3 is 17.2 Å². The number of hydrogen-bond donors (Lipinski definition) is 3. The van der Waals surface area contributed by atoms with E-state index in [-0.39, 0.29) is 6.17 Å². The minimum absolute atomic E-state index is 0.181. The minimum atomic E-state index is -0.181. The van der Waals surface area contributed by atoms with Crippen molar-refractivity contribution in [3.05, 3.63) is 0 Å². The van der Waals surface area contributed by atoms with Crippen molar-refractivity contribution < 1.29 is 0 Å². The van der Waals surface area contributed by atoms with Gasteiger partial charge in [-0.15, -0.1) is 0 Å².